The maximum Gasteiger partial charge on any atom is 0.252 e. The molecule has 0 spiro atoms. The number of amides is 2. The van der Waals surface area contributed by atoms with Gasteiger partial charge in [0.25, 0.3) is 5.91 Å². The second kappa shape index (κ2) is 9.64. The number of aromatic amines is 1. The monoisotopic (exact) mass is 422 g/mol. The van der Waals surface area contributed by atoms with Gasteiger partial charge in [-0.2, -0.15) is 0 Å². The average molecular weight is 423 g/mol. The van der Waals surface area contributed by atoms with Crippen LogP contribution in [0.4, 0.5) is 0 Å². The zero-order valence-corrected chi connectivity index (χ0v) is 18.7. The first-order chi connectivity index (χ1) is 14.8. The summed E-state index contributed by atoms with van der Waals surface area (Å²) in [6, 6.07) is 11.9. The number of nitrogens with one attached hydrogen (secondary N) is 3. The lowest BCUT2D eigenvalue weighted by molar-refractivity contribution is -0.124. The lowest BCUT2D eigenvalue weighted by Gasteiger charge is -2.22. The zero-order valence-electron chi connectivity index (χ0n) is 18.7. The molecule has 0 fully saturated rings. The van der Waals surface area contributed by atoms with Crippen molar-refractivity contribution in [2.24, 2.45) is 5.92 Å². The van der Waals surface area contributed by atoms with Crippen molar-refractivity contribution in [1.82, 2.24) is 20.6 Å². The van der Waals surface area contributed by atoms with E-state index in [1.807, 2.05) is 64.1 Å². The molecular weight excluding hydrogens is 392 g/mol. The molecule has 2 unspecified atom stereocenters. The van der Waals surface area contributed by atoms with E-state index in [0.717, 1.165) is 22.3 Å². The fourth-order valence-electron chi connectivity index (χ4n) is 3.49. The van der Waals surface area contributed by atoms with Gasteiger partial charge in [0.1, 0.15) is 17.6 Å². The highest BCUT2D eigenvalue weighted by Crippen LogP contribution is 2.21. The molecule has 0 saturated carbocycles. The van der Waals surface area contributed by atoms with E-state index < -0.39 is 6.04 Å². The summed E-state index contributed by atoms with van der Waals surface area (Å²) < 4.78 is 5.25. The molecule has 0 aliphatic heterocycles. The first-order valence-electron chi connectivity index (χ1n) is 10.5. The van der Waals surface area contributed by atoms with Crippen LogP contribution in [0.5, 0.6) is 5.75 Å². The van der Waals surface area contributed by atoms with Crippen molar-refractivity contribution in [3.8, 4) is 5.75 Å². The van der Waals surface area contributed by atoms with Crippen LogP contribution in [-0.4, -0.2) is 34.9 Å². The standard InChI is InChI=1S/C24H30N4O3/c1-14(2)12-21(28-23(29)18-9-7-6-8-15(18)3)24(30)25-16(4)22-26-19-11-10-17(31-5)13-20(19)27-22/h6-11,13-14,16,21H,12H2,1-5H3,(H,25,30)(H,26,27)(H,28,29). The molecule has 3 rings (SSSR count). The average Bonchev–Trinajstić information content (AvgIpc) is 3.16. The fraction of sp³-hybridized carbons (Fsp3) is 0.375. The van der Waals surface area contributed by atoms with Gasteiger partial charge in [-0.1, -0.05) is 32.0 Å². The highest BCUT2D eigenvalue weighted by atomic mass is 16.5. The summed E-state index contributed by atoms with van der Waals surface area (Å²) in [7, 11) is 1.61. The first-order valence-corrected chi connectivity index (χ1v) is 10.5. The van der Waals surface area contributed by atoms with Crippen LogP contribution in [0, 0.1) is 12.8 Å². The van der Waals surface area contributed by atoms with Gasteiger partial charge in [-0.05, 0) is 49.9 Å². The highest BCUT2D eigenvalue weighted by Gasteiger charge is 2.25. The summed E-state index contributed by atoms with van der Waals surface area (Å²) >= 11 is 0. The van der Waals surface area contributed by atoms with Crippen molar-refractivity contribution in [3.05, 3.63) is 59.4 Å². The smallest absolute Gasteiger partial charge is 0.252 e. The molecule has 2 atom stereocenters. The molecule has 31 heavy (non-hydrogen) atoms. The third-order valence-corrected chi connectivity index (χ3v) is 5.19. The van der Waals surface area contributed by atoms with E-state index in [2.05, 4.69) is 20.6 Å². The number of fused-ring (bicyclic) bond motifs is 1. The number of carbonyl (C=O) groups excluding carboxylic acids is 2. The number of rotatable bonds is 8. The number of hydrogen-bond donors (Lipinski definition) is 3. The number of aryl methyl sites for hydroxylation is 1. The van der Waals surface area contributed by atoms with Gasteiger partial charge in [0.15, 0.2) is 0 Å². The van der Waals surface area contributed by atoms with Gasteiger partial charge in [-0.15, -0.1) is 0 Å². The molecule has 0 aliphatic carbocycles. The quantitative estimate of drug-likeness (QED) is 0.513. The Bertz CT molecular complexity index is 1070. The second-order valence-electron chi connectivity index (χ2n) is 8.21. The number of nitrogens with zero attached hydrogens (tertiary/aromatic N) is 1. The van der Waals surface area contributed by atoms with Gasteiger partial charge in [0, 0.05) is 11.6 Å². The van der Waals surface area contributed by atoms with Crippen molar-refractivity contribution >= 4 is 22.8 Å². The minimum atomic E-state index is -0.640. The Hall–Kier alpha value is -3.35. The van der Waals surface area contributed by atoms with Gasteiger partial charge in [0.2, 0.25) is 5.91 Å². The Kier molecular flexibility index (Phi) is 6.95. The number of carbonyl (C=O) groups is 2. The number of methoxy groups -OCH3 is 1. The Balaban J connectivity index is 1.74. The maximum absolute atomic E-state index is 13.0. The SMILES string of the molecule is COc1ccc2nc(C(C)NC(=O)C(CC(C)C)NC(=O)c3ccccc3C)[nH]c2c1. The van der Waals surface area contributed by atoms with Crippen LogP contribution in [0.25, 0.3) is 11.0 Å². The number of ether oxygens (including phenoxy) is 1. The van der Waals surface area contributed by atoms with E-state index in [0.29, 0.717) is 17.8 Å². The van der Waals surface area contributed by atoms with Crippen molar-refractivity contribution in [2.75, 3.05) is 7.11 Å². The fourth-order valence-corrected chi connectivity index (χ4v) is 3.49. The lowest BCUT2D eigenvalue weighted by atomic mass is 10.0. The van der Waals surface area contributed by atoms with E-state index in [1.54, 1.807) is 13.2 Å². The molecule has 0 aliphatic rings. The van der Waals surface area contributed by atoms with Gasteiger partial charge < -0.3 is 20.4 Å². The molecular formula is C24H30N4O3. The summed E-state index contributed by atoms with van der Waals surface area (Å²) in [5, 5.41) is 5.89. The number of imidazole rings is 1. The van der Waals surface area contributed by atoms with E-state index in [-0.39, 0.29) is 23.8 Å². The molecule has 3 N–H and O–H groups in total. The van der Waals surface area contributed by atoms with Crippen molar-refractivity contribution in [3.63, 3.8) is 0 Å². The predicted octanol–water partition coefficient (Wildman–Crippen LogP) is 3.90. The first kappa shape index (κ1) is 22.3. The van der Waals surface area contributed by atoms with Crippen LogP contribution in [0.3, 0.4) is 0 Å². The normalized spacial score (nSPS) is 13.1. The number of aromatic nitrogens is 2. The minimum Gasteiger partial charge on any atom is -0.497 e. The van der Waals surface area contributed by atoms with Gasteiger partial charge >= 0.3 is 0 Å². The molecule has 1 heterocycles. The predicted molar refractivity (Wildman–Crippen MR) is 121 cm³/mol. The summed E-state index contributed by atoms with van der Waals surface area (Å²) in [4.78, 5) is 33.6. The molecule has 0 radical (unpaired) electrons. The molecule has 1 aromatic heterocycles. The Morgan fingerprint density at radius 3 is 2.52 bits per heavy atom. The summed E-state index contributed by atoms with van der Waals surface area (Å²) in [6.45, 7) is 7.79. The Morgan fingerprint density at radius 1 is 1.10 bits per heavy atom. The number of hydrogen-bond acceptors (Lipinski definition) is 4. The maximum atomic E-state index is 13.0. The number of H-pyrrole nitrogens is 1. The van der Waals surface area contributed by atoms with Crippen molar-refractivity contribution < 1.29 is 14.3 Å². The van der Waals surface area contributed by atoms with Gasteiger partial charge in [-0.25, -0.2) is 4.98 Å². The van der Waals surface area contributed by atoms with E-state index in [4.69, 9.17) is 4.74 Å². The molecule has 7 nitrogen and oxygen atoms in total. The Labute approximate surface area is 182 Å². The second-order valence-corrected chi connectivity index (χ2v) is 8.21. The lowest BCUT2D eigenvalue weighted by Crippen LogP contribution is -2.48. The molecule has 2 aromatic carbocycles. The van der Waals surface area contributed by atoms with Crippen LogP contribution in [0.15, 0.2) is 42.5 Å². The molecule has 164 valence electrons. The largest absolute Gasteiger partial charge is 0.497 e. The topological polar surface area (TPSA) is 96.1 Å². The molecule has 3 aromatic rings. The van der Waals surface area contributed by atoms with Crippen LogP contribution < -0.4 is 15.4 Å². The molecule has 7 heteroatoms. The van der Waals surface area contributed by atoms with Gasteiger partial charge in [-0.3, -0.25) is 9.59 Å². The molecule has 0 saturated heterocycles. The summed E-state index contributed by atoms with van der Waals surface area (Å²) in [5.74, 6) is 1.13. The summed E-state index contributed by atoms with van der Waals surface area (Å²) in [6.07, 6.45) is 0.535. The van der Waals surface area contributed by atoms with E-state index in [1.165, 1.54) is 0 Å². The van der Waals surface area contributed by atoms with Crippen molar-refractivity contribution in [1.29, 1.82) is 0 Å². The van der Waals surface area contributed by atoms with Crippen molar-refractivity contribution in [2.45, 2.75) is 46.2 Å². The van der Waals surface area contributed by atoms with Gasteiger partial charge in [0.05, 0.1) is 24.2 Å². The number of benzene rings is 2. The van der Waals surface area contributed by atoms with E-state index >= 15 is 0 Å². The van der Waals surface area contributed by atoms with E-state index in [9.17, 15) is 9.59 Å². The van der Waals surface area contributed by atoms with Crippen LogP contribution in [0.2, 0.25) is 0 Å². The third kappa shape index (κ3) is 5.42. The summed E-state index contributed by atoms with van der Waals surface area (Å²) in [5.41, 5.74) is 3.07. The van der Waals surface area contributed by atoms with Crippen LogP contribution >= 0.6 is 0 Å². The Morgan fingerprint density at radius 2 is 1.84 bits per heavy atom. The molecule has 2 amide bonds. The minimum absolute atomic E-state index is 0.235. The zero-order chi connectivity index (χ0) is 22.5. The molecule has 0 bridgehead atoms. The van der Waals surface area contributed by atoms with Crippen LogP contribution in [-0.2, 0) is 4.79 Å². The van der Waals surface area contributed by atoms with Crippen LogP contribution in [0.1, 0.15) is 55.0 Å². The highest BCUT2D eigenvalue weighted by molar-refractivity contribution is 5.98. The third-order valence-electron chi connectivity index (χ3n) is 5.19.